The predicted octanol–water partition coefficient (Wildman–Crippen LogP) is 4.35. The van der Waals surface area contributed by atoms with Gasteiger partial charge in [0.05, 0.1) is 16.9 Å². The van der Waals surface area contributed by atoms with Crippen LogP contribution in [0.4, 0.5) is 14.9 Å². The van der Waals surface area contributed by atoms with Crippen molar-refractivity contribution in [2.45, 2.75) is 45.5 Å². The highest BCUT2D eigenvalue weighted by Crippen LogP contribution is 2.38. The van der Waals surface area contributed by atoms with Gasteiger partial charge < -0.3 is 25.1 Å². The molecule has 1 amide bonds. The second kappa shape index (κ2) is 9.12. The standard InChI is InChI=1S/C23H28BFN2O4/c1-22(2)23(3,4)31-24(30-22)18(12-17-10-11-19(25)20(26)13-17)14-27-21(28)29-15-16-8-6-5-7-9-16/h5-13H,14-15,26H2,1-4H3,(H,27,28). The first-order valence-corrected chi connectivity index (χ1v) is 10.1. The average molecular weight is 426 g/mol. The molecule has 0 aliphatic carbocycles. The van der Waals surface area contributed by atoms with Gasteiger partial charge in [0.25, 0.3) is 0 Å². The van der Waals surface area contributed by atoms with E-state index in [1.165, 1.54) is 12.1 Å². The highest BCUT2D eigenvalue weighted by molar-refractivity contribution is 6.56. The minimum absolute atomic E-state index is 0.0391. The van der Waals surface area contributed by atoms with E-state index in [1.54, 1.807) is 12.1 Å². The van der Waals surface area contributed by atoms with Gasteiger partial charge in [-0.2, -0.15) is 0 Å². The summed E-state index contributed by atoms with van der Waals surface area (Å²) >= 11 is 0. The molecule has 0 spiro atoms. The zero-order valence-corrected chi connectivity index (χ0v) is 18.3. The second-order valence-corrected chi connectivity index (χ2v) is 8.50. The Bertz CT molecular complexity index is 947. The molecule has 0 radical (unpaired) electrons. The molecule has 1 aliphatic rings. The van der Waals surface area contributed by atoms with Crippen molar-refractivity contribution in [3.63, 3.8) is 0 Å². The van der Waals surface area contributed by atoms with E-state index in [0.717, 1.165) is 5.56 Å². The van der Waals surface area contributed by atoms with Gasteiger partial charge in [0.2, 0.25) is 0 Å². The number of ether oxygens (including phenoxy) is 1. The third kappa shape index (κ3) is 5.65. The van der Waals surface area contributed by atoms with Crippen LogP contribution in [0.15, 0.2) is 54.0 Å². The van der Waals surface area contributed by atoms with E-state index >= 15 is 0 Å². The largest absolute Gasteiger partial charge is 0.492 e. The maximum absolute atomic E-state index is 13.6. The van der Waals surface area contributed by atoms with Crippen LogP contribution >= 0.6 is 0 Å². The van der Waals surface area contributed by atoms with Crippen molar-refractivity contribution in [1.29, 1.82) is 0 Å². The number of carbonyl (C=O) groups excluding carboxylic acids is 1. The van der Waals surface area contributed by atoms with Gasteiger partial charge in [0.1, 0.15) is 12.4 Å². The second-order valence-electron chi connectivity index (χ2n) is 8.50. The van der Waals surface area contributed by atoms with Crippen LogP contribution in [0.1, 0.15) is 38.8 Å². The number of hydrogen-bond acceptors (Lipinski definition) is 5. The van der Waals surface area contributed by atoms with Gasteiger partial charge in [-0.1, -0.05) is 42.5 Å². The Kier molecular flexibility index (Phi) is 6.72. The van der Waals surface area contributed by atoms with Crippen molar-refractivity contribution in [2.75, 3.05) is 12.3 Å². The lowest BCUT2D eigenvalue weighted by Gasteiger charge is -2.32. The summed E-state index contributed by atoms with van der Waals surface area (Å²) in [5.41, 5.74) is 6.85. The van der Waals surface area contributed by atoms with Gasteiger partial charge in [-0.3, -0.25) is 0 Å². The Morgan fingerprint density at radius 1 is 1.13 bits per heavy atom. The van der Waals surface area contributed by atoms with Gasteiger partial charge in [0, 0.05) is 6.54 Å². The number of amides is 1. The lowest BCUT2D eigenvalue weighted by Crippen LogP contribution is -2.41. The molecule has 6 nitrogen and oxygen atoms in total. The van der Waals surface area contributed by atoms with E-state index in [-0.39, 0.29) is 18.8 Å². The van der Waals surface area contributed by atoms with Crippen molar-refractivity contribution in [3.05, 3.63) is 70.9 Å². The molecule has 0 saturated carbocycles. The van der Waals surface area contributed by atoms with E-state index in [0.29, 0.717) is 11.0 Å². The molecule has 3 N–H and O–H groups in total. The minimum atomic E-state index is -0.689. The number of alkyl carbamates (subject to hydrolysis) is 1. The molecule has 2 aromatic rings. The number of benzene rings is 2. The molecule has 0 bridgehead atoms. The van der Waals surface area contributed by atoms with E-state index in [4.69, 9.17) is 19.8 Å². The van der Waals surface area contributed by atoms with Crippen molar-refractivity contribution in [1.82, 2.24) is 5.32 Å². The summed E-state index contributed by atoms with van der Waals surface area (Å²) in [5, 5.41) is 2.74. The number of halogens is 1. The number of nitrogens with two attached hydrogens (primary N) is 1. The van der Waals surface area contributed by atoms with E-state index in [2.05, 4.69) is 5.32 Å². The SMILES string of the molecule is CC1(C)OB(C(=Cc2ccc(F)c(N)c2)CNC(=O)OCc2ccccc2)OC1(C)C. The van der Waals surface area contributed by atoms with E-state index in [1.807, 2.05) is 58.0 Å². The third-order valence-corrected chi connectivity index (χ3v) is 5.58. The number of carbonyl (C=O) groups is 1. The first kappa shape index (κ1) is 22.8. The van der Waals surface area contributed by atoms with Gasteiger partial charge in [-0.05, 0) is 56.4 Å². The highest BCUT2D eigenvalue weighted by atomic mass is 19.1. The van der Waals surface area contributed by atoms with Crippen LogP contribution in [-0.2, 0) is 20.7 Å². The summed E-state index contributed by atoms with van der Waals surface area (Å²) in [6, 6.07) is 13.8. The van der Waals surface area contributed by atoms with Gasteiger partial charge in [0.15, 0.2) is 0 Å². The van der Waals surface area contributed by atoms with Crippen LogP contribution in [-0.4, -0.2) is 31.0 Å². The smallest absolute Gasteiger partial charge is 0.445 e. The lowest BCUT2D eigenvalue weighted by molar-refractivity contribution is 0.00578. The summed E-state index contributed by atoms with van der Waals surface area (Å²) in [4.78, 5) is 12.2. The number of hydrogen-bond donors (Lipinski definition) is 2. The number of nitrogens with one attached hydrogen (secondary N) is 1. The quantitative estimate of drug-likeness (QED) is 0.530. The Hall–Kier alpha value is -2.84. The maximum atomic E-state index is 13.6. The molecule has 1 saturated heterocycles. The number of nitrogen functional groups attached to an aromatic ring is 1. The van der Waals surface area contributed by atoms with Crippen LogP contribution < -0.4 is 11.1 Å². The van der Waals surface area contributed by atoms with Crippen LogP contribution in [0.2, 0.25) is 0 Å². The normalized spacial score (nSPS) is 17.5. The molecule has 3 rings (SSSR count). The monoisotopic (exact) mass is 426 g/mol. The zero-order chi connectivity index (χ0) is 22.6. The number of rotatable bonds is 6. The Labute approximate surface area is 182 Å². The third-order valence-electron chi connectivity index (χ3n) is 5.58. The van der Waals surface area contributed by atoms with E-state index < -0.39 is 30.2 Å². The van der Waals surface area contributed by atoms with Crippen LogP contribution in [0.25, 0.3) is 6.08 Å². The molecule has 2 aromatic carbocycles. The summed E-state index contributed by atoms with van der Waals surface area (Å²) in [7, 11) is -0.689. The molecule has 164 valence electrons. The fourth-order valence-corrected chi connectivity index (χ4v) is 3.01. The summed E-state index contributed by atoms with van der Waals surface area (Å²) in [5.74, 6) is -0.489. The Balaban J connectivity index is 1.73. The minimum Gasteiger partial charge on any atom is -0.445 e. The summed E-state index contributed by atoms with van der Waals surface area (Å²) in [6.45, 7) is 8.08. The molecule has 1 heterocycles. The van der Waals surface area contributed by atoms with Crippen molar-refractivity contribution in [2.24, 2.45) is 0 Å². The molecule has 0 unspecified atom stereocenters. The van der Waals surface area contributed by atoms with Crippen molar-refractivity contribution in [3.8, 4) is 0 Å². The Morgan fingerprint density at radius 2 is 1.77 bits per heavy atom. The molecule has 31 heavy (non-hydrogen) atoms. The van der Waals surface area contributed by atoms with E-state index in [9.17, 15) is 9.18 Å². The molecule has 0 aromatic heterocycles. The molecular weight excluding hydrogens is 398 g/mol. The topological polar surface area (TPSA) is 82.8 Å². The fourth-order valence-electron chi connectivity index (χ4n) is 3.01. The molecule has 1 fully saturated rings. The van der Waals surface area contributed by atoms with Crippen LogP contribution in [0.5, 0.6) is 0 Å². The lowest BCUT2D eigenvalue weighted by atomic mass is 9.77. The van der Waals surface area contributed by atoms with Gasteiger partial charge in [-0.15, -0.1) is 0 Å². The molecule has 1 aliphatic heterocycles. The van der Waals surface area contributed by atoms with Crippen LogP contribution in [0, 0.1) is 5.82 Å². The highest BCUT2D eigenvalue weighted by Gasteiger charge is 2.52. The predicted molar refractivity (Wildman–Crippen MR) is 120 cm³/mol. The first-order chi connectivity index (χ1) is 14.6. The average Bonchev–Trinajstić information content (AvgIpc) is 2.94. The zero-order valence-electron chi connectivity index (χ0n) is 18.3. The maximum Gasteiger partial charge on any atom is 0.492 e. The molecule has 8 heteroatoms. The van der Waals surface area contributed by atoms with Crippen molar-refractivity contribution >= 4 is 25.0 Å². The van der Waals surface area contributed by atoms with Crippen molar-refractivity contribution < 1.29 is 23.2 Å². The first-order valence-electron chi connectivity index (χ1n) is 10.1. The number of anilines is 1. The summed E-state index contributed by atoms with van der Waals surface area (Å²) in [6.07, 6.45) is 1.21. The fraction of sp³-hybridized carbons (Fsp3) is 0.348. The Morgan fingerprint density at radius 3 is 2.39 bits per heavy atom. The molecular formula is C23H28BFN2O4. The van der Waals surface area contributed by atoms with Gasteiger partial charge in [-0.25, -0.2) is 9.18 Å². The van der Waals surface area contributed by atoms with Crippen LogP contribution in [0.3, 0.4) is 0 Å². The molecule has 0 atom stereocenters. The summed E-state index contributed by atoms with van der Waals surface area (Å²) < 4.78 is 31.1. The van der Waals surface area contributed by atoms with Gasteiger partial charge >= 0.3 is 13.2 Å².